The number of thiophene rings is 1. The van der Waals surface area contributed by atoms with Gasteiger partial charge in [0.05, 0.1) is 6.10 Å². The van der Waals surface area contributed by atoms with E-state index in [9.17, 15) is 5.11 Å². The highest BCUT2D eigenvalue weighted by molar-refractivity contribution is 7.17. The Bertz CT molecular complexity index is 791. The number of aliphatic hydroxyl groups excluding tert-OH is 1. The molecule has 0 amide bonds. The minimum atomic E-state index is -0.296. The van der Waals surface area contributed by atoms with E-state index in [-0.39, 0.29) is 6.10 Å². The Kier molecular flexibility index (Phi) is 3.17. The zero-order valence-corrected chi connectivity index (χ0v) is 12.4. The van der Waals surface area contributed by atoms with Gasteiger partial charge in [-0.2, -0.15) is 0 Å². The van der Waals surface area contributed by atoms with E-state index in [4.69, 9.17) is 4.74 Å². The van der Waals surface area contributed by atoms with Crippen molar-refractivity contribution in [2.45, 2.75) is 25.6 Å². The standard InChI is InChI=1S/C18H16O2S/c19-17-8-5-12-9-14(6-7-15(12)17)20-10-13-11-21-18-4-2-1-3-16(13)18/h1-4,6-7,9,11,17,19H,5,8,10H2. The molecule has 21 heavy (non-hydrogen) atoms. The van der Waals surface area contributed by atoms with E-state index >= 15 is 0 Å². The highest BCUT2D eigenvalue weighted by atomic mass is 32.1. The summed E-state index contributed by atoms with van der Waals surface area (Å²) in [6.07, 6.45) is 1.47. The summed E-state index contributed by atoms with van der Waals surface area (Å²) in [7, 11) is 0. The van der Waals surface area contributed by atoms with Gasteiger partial charge >= 0.3 is 0 Å². The Morgan fingerprint density at radius 3 is 3.05 bits per heavy atom. The summed E-state index contributed by atoms with van der Waals surface area (Å²) in [6.45, 7) is 0.589. The molecule has 1 aliphatic carbocycles. The van der Waals surface area contributed by atoms with Gasteiger partial charge in [-0.15, -0.1) is 11.3 Å². The van der Waals surface area contributed by atoms with Crippen LogP contribution in [0.5, 0.6) is 5.75 Å². The first-order valence-corrected chi connectivity index (χ1v) is 8.08. The van der Waals surface area contributed by atoms with E-state index in [1.807, 2.05) is 12.1 Å². The lowest BCUT2D eigenvalue weighted by Crippen LogP contribution is -1.96. The molecule has 1 unspecified atom stereocenters. The number of hydrogen-bond acceptors (Lipinski definition) is 3. The molecule has 1 atom stereocenters. The first-order valence-electron chi connectivity index (χ1n) is 7.20. The van der Waals surface area contributed by atoms with Crippen molar-refractivity contribution < 1.29 is 9.84 Å². The lowest BCUT2D eigenvalue weighted by atomic mass is 10.1. The number of benzene rings is 2. The molecule has 1 aliphatic rings. The maximum Gasteiger partial charge on any atom is 0.120 e. The molecular weight excluding hydrogens is 280 g/mol. The smallest absolute Gasteiger partial charge is 0.120 e. The van der Waals surface area contributed by atoms with Gasteiger partial charge < -0.3 is 9.84 Å². The van der Waals surface area contributed by atoms with E-state index in [2.05, 4.69) is 35.7 Å². The quantitative estimate of drug-likeness (QED) is 0.773. The van der Waals surface area contributed by atoms with Crippen LogP contribution in [0.3, 0.4) is 0 Å². The molecule has 0 radical (unpaired) electrons. The topological polar surface area (TPSA) is 29.5 Å². The number of rotatable bonds is 3. The van der Waals surface area contributed by atoms with Crippen molar-refractivity contribution in [3.63, 3.8) is 0 Å². The second-order valence-corrected chi connectivity index (χ2v) is 6.37. The molecule has 0 bridgehead atoms. The average Bonchev–Trinajstić information content (AvgIpc) is 3.09. The first-order chi connectivity index (χ1) is 10.3. The van der Waals surface area contributed by atoms with Gasteiger partial charge in [-0.3, -0.25) is 0 Å². The maximum absolute atomic E-state index is 9.83. The third-order valence-corrected chi connectivity index (χ3v) is 5.13. The second kappa shape index (κ2) is 5.17. The van der Waals surface area contributed by atoms with Gasteiger partial charge in [0.15, 0.2) is 0 Å². The molecule has 2 nitrogen and oxygen atoms in total. The van der Waals surface area contributed by atoms with E-state index in [0.717, 1.165) is 24.2 Å². The Morgan fingerprint density at radius 1 is 1.19 bits per heavy atom. The molecular formula is C18H16O2S. The number of aryl methyl sites for hydroxylation is 1. The summed E-state index contributed by atoms with van der Waals surface area (Å²) >= 11 is 1.76. The maximum atomic E-state index is 9.83. The molecule has 0 fully saturated rings. The molecule has 3 aromatic rings. The zero-order valence-electron chi connectivity index (χ0n) is 11.6. The largest absolute Gasteiger partial charge is 0.489 e. The van der Waals surface area contributed by atoms with E-state index < -0.39 is 0 Å². The number of fused-ring (bicyclic) bond motifs is 2. The van der Waals surface area contributed by atoms with E-state index in [1.54, 1.807) is 11.3 Å². The lowest BCUT2D eigenvalue weighted by molar-refractivity contribution is 0.180. The Hall–Kier alpha value is -1.84. The predicted molar refractivity (Wildman–Crippen MR) is 85.9 cm³/mol. The fourth-order valence-corrected chi connectivity index (χ4v) is 3.91. The predicted octanol–water partition coefficient (Wildman–Crippen LogP) is 4.46. The normalized spacial score (nSPS) is 17.1. The molecule has 1 N–H and O–H groups in total. The van der Waals surface area contributed by atoms with Crippen molar-refractivity contribution in [3.8, 4) is 5.75 Å². The zero-order chi connectivity index (χ0) is 14.2. The molecule has 0 saturated carbocycles. The van der Waals surface area contributed by atoms with Crippen LogP contribution >= 0.6 is 11.3 Å². The van der Waals surface area contributed by atoms with Gasteiger partial charge in [0.25, 0.3) is 0 Å². The lowest BCUT2D eigenvalue weighted by Gasteiger charge is -2.09. The van der Waals surface area contributed by atoms with Crippen LogP contribution in [-0.2, 0) is 13.0 Å². The molecule has 0 saturated heterocycles. The van der Waals surface area contributed by atoms with Crippen LogP contribution in [0.2, 0.25) is 0 Å². The summed E-state index contributed by atoms with van der Waals surface area (Å²) in [5.41, 5.74) is 3.51. The van der Waals surface area contributed by atoms with Gasteiger partial charge in [0, 0.05) is 10.3 Å². The van der Waals surface area contributed by atoms with Crippen molar-refractivity contribution in [3.05, 3.63) is 64.5 Å². The van der Waals surface area contributed by atoms with Gasteiger partial charge in [-0.25, -0.2) is 0 Å². The highest BCUT2D eigenvalue weighted by Gasteiger charge is 2.20. The van der Waals surface area contributed by atoms with Crippen molar-refractivity contribution in [1.82, 2.24) is 0 Å². The number of hydrogen-bond donors (Lipinski definition) is 1. The molecule has 0 aliphatic heterocycles. The van der Waals surface area contributed by atoms with Crippen LogP contribution in [0.1, 0.15) is 29.2 Å². The highest BCUT2D eigenvalue weighted by Crippen LogP contribution is 2.34. The molecule has 106 valence electrons. The molecule has 1 heterocycles. The SMILES string of the molecule is OC1CCc2cc(OCc3csc4ccccc34)ccc21. The van der Waals surface area contributed by atoms with Gasteiger partial charge in [-0.05, 0) is 52.9 Å². The Balaban J connectivity index is 1.55. The molecule has 0 spiro atoms. The molecule has 1 aromatic heterocycles. The third-order valence-electron chi connectivity index (χ3n) is 4.12. The molecule has 4 rings (SSSR count). The summed E-state index contributed by atoms with van der Waals surface area (Å²) in [5, 5.41) is 13.3. The van der Waals surface area contributed by atoms with Crippen LogP contribution in [0.15, 0.2) is 47.8 Å². The molecule has 3 heteroatoms. The number of ether oxygens (including phenoxy) is 1. The average molecular weight is 296 g/mol. The van der Waals surface area contributed by atoms with Crippen molar-refractivity contribution in [2.75, 3.05) is 0 Å². The fraction of sp³-hybridized carbons (Fsp3) is 0.222. The van der Waals surface area contributed by atoms with Crippen LogP contribution in [0.25, 0.3) is 10.1 Å². The van der Waals surface area contributed by atoms with Crippen LogP contribution < -0.4 is 4.74 Å². The van der Waals surface area contributed by atoms with Crippen molar-refractivity contribution >= 4 is 21.4 Å². The summed E-state index contributed by atoms with van der Waals surface area (Å²) in [4.78, 5) is 0. The van der Waals surface area contributed by atoms with Crippen molar-refractivity contribution in [1.29, 1.82) is 0 Å². The van der Waals surface area contributed by atoms with Crippen molar-refractivity contribution in [2.24, 2.45) is 0 Å². The van der Waals surface area contributed by atoms with Gasteiger partial charge in [-0.1, -0.05) is 24.3 Å². The fourth-order valence-electron chi connectivity index (χ4n) is 2.97. The third kappa shape index (κ3) is 2.33. The van der Waals surface area contributed by atoms with Gasteiger partial charge in [0.1, 0.15) is 12.4 Å². The molecule has 2 aromatic carbocycles. The monoisotopic (exact) mass is 296 g/mol. The second-order valence-electron chi connectivity index (χ2n) is 5.46. The minimum Gasteiger partial charge on any atom is -0.489 e. The Labute approximate surface area is 127 Å². The Morgan fingerprint density at radius 2 is 2.10 bits per heavy atom. The minimum absolute atomic E-state index is 0.296. The van der Waals surface area contributed by atoms with E-state index in [0.29, 0.717) is 6.61 Å². The first kappa shape index (κ1) is 12.9. The summed E-state index contributed by atoms with van der Waals surface area (Å²) in [6, 6.07) is 14.4. The van der Waals surface area contributed by atoms with E-state index in [1.165, 1.54) is 21.2 Å². The van der Waals surface area contributed by atoms with Crippen LogP contribution in [-0.4, -0.2) is 5.11 Å². The van der Waals surface area contributed by atoms with Crippen LogP contribution in [0, 0.1) is 0 Å². The summed E-state index contributed by atoms with van der Waals surface area (Å²) < 4.78 is 7.24. The van der Waals surface area contributed by atoms with Gasteiger partial charge in [0.2, 0.25) is 0 Å². The van der Waals surface area contributed by atoms with Crippen LogP contribution in [0.4, 0.5) is 0 Å². The number of aliphatic hydroxyl groups is 1. The summed E-state index contributed by atoms with van der Waals surface area (Å²) in [5.74, 6) is 0.887.